The van der Waals surface area contributed by atoms with E-state index in [1.807, 2.05) is 0 Å². The number of benzene rings is 2. The fraction of sp³-hybridized carbons (Fsp3) is 0.0588. The van der Waals surface area contributed by atoms with E-state index >= 15 is 0 Å². The average Bonchev–Trinajstić information content (AvgIpc) is 2.57. The van der Waals surface area contributed by atoms with Crippen LogP contribution < -0.4 is 10.6 Å². The van der Waals surface area contributed by atoms with Gasteiger partial charge < -0.3 is 10.6 Å². The zero-order valence-electron chi connectivity index (χ0n) is 12.4. The molecule has 0 bridgehead atoms. The average molecular weight is 363 g/mol. The first-order valence-electron chi connectivity index (χ1n) is 7.12. The number of nitrogens with zero attached hydrogens (tertiary/aromatic N) is 2. The van der Waals surface area contributed by atoms with Crippen LogP contribution in [0.15, 0.2) is 54.9 Å². The van der Waals surface area contributed by atoms with E-state index in [1.54, 1.807) is 36.4 Å². The summed E-state index contributed by atoms with van der Waals surface area (Å²) < 4.78 is 12.9. The molecule has 0 saturated carbocycles. The van der Waals surface area contributed by atoms with E-state index < -0.39 is 0 Å². The molecule has 1 aromatic heterocycles. The van der Waals surface area contributed by atoms with Gasteiger partial charge >= 0.3 is 0 Å². The number of hydrogen-bond acceptors (Lipinski definition) is 4. The minimum absolute atomic E-state index is 0.257. The van der Waals surface area contributed by atoms with Crippen LogP contribution in [0.4, 0.5) is 21.7 Å². The number of hydrogen-bond donors (Lipinski definition) is 2. The van der Waals surface area contributed by atoms with Crippen molar-refractivity contribution in [3.8, 4) is 0 Å². The Bertz CT molecular complexity index is 840. The van der Waals surface area contributed by atoms with Gasteiger partial charge in [0.1, 0.15) is 23.8 Å². The van der Waals surface area contributed by atoms with Crippen LogP contribution in [0.25, 0.3) is 0 Å². The van der Waals surface area contributed by atoms with Gasteiger partial charge in [0.15, 0.2) is 0 Å². The molecule has 0 unspecified atom stereocenters. The van der Waals surface area contributed by atoms with Gasteiger partial charge in [-0.15, -0.1) is 0 Å². The van der Waals surface area contributed by atoms with Gasteiger partial charge in [-0.2, -0.15) is 0 Å². The first-order chi connectivity index (χ1) is 11.6. The Labute approximate surface area is 148 Å². The molecule has 1 heterocycles. The summed E-state index contributed by atoms with van der Waals surface area (Å²) in [5.41, 5.74) is 1.65. The fourth-order valence-electron chi connectivity index (χ4n) is 2.05. The highest BCUT2D eigenvalue weighted by molar-refractivity contribution is 6.36. The summed E-state index contributed by atoms with van der Waals surface area (Å²) >= 11 is 12.0. The normalized spacial score (nSPS) is 10.5. The maximum Gasteiger partial charge on any atom is 0.135 e. The van der Waals surface area contributed by atoms with Crippen molar-refractivity contribution in [2.24, 2.45) is 0 Å². The fourth-order valence-corrected chi connectivity index (χ4v) is 2.50. The minimum atomic E-state index is -0.257. The third-order valence-electron chi connectivity index (χ3n) is 3.25. The number of nitrogens with one attached hydrogen (secondary N) is 2. The van der Waals surface area contributed by atoms with Crippen molar-refractivity contribution in [2.45, 2.75) is 6.54 Å². The molecule has 2 aromatic carbocycles. The molecule has 0 aliphatic carbocycles. The quantitative estimate of drug-likeness (QED) is 0.648. The van der Waals surface area contributed by atoms with Crippen molar-refractivity contribution >= 4 is 40.5 Å². The standard InChI is InChI=1S/C17H13Cl2FN4/c18-12-3-6-15(14(19)7-12)24-17-8-16(22-10-23-17)21-9-11-1-4-13(20)5-2-11/h1-8,10H,9H2,(H2,21,22,23,24). The summed E-state index contributed by atoms with van der Waals surface area (Å²) in [5.74, 6) is 0.977. The summed E-state index contributed by atoms with van der Waals surface area (Å²) in [6.45, 7) is 0.526. The van der Waals surface area contributed by atoms with Gasteiger partial charge in [-0.05, 0) is 35.9 Å². The first kappa shape index (κ1) is 16.5. The molecule has 2 N–H and O–H groups in total. The molecule has 24 heavy (non-hydrogen) atoms. The lowest BCUT2D eigenvalue weighted by molar-refractivity contribution is 0.627. The molecule has 0 aliphatic heterocycles. The molecule has 0 fully saturated rings. The van der Waals surface area contributed by atoms with Crippen molar-refractivity contribution in [3.05, 3.63) is 76.3 Å². The number of anilines is 3. The van der Waals surface area contributed by atoms with E-state index in [2.05, 4.69) is 20.6 Å². The highest BCUT2D eigenvalue weighted by Crippen LogP contribution is 2.28. The van der Waals surface area contributed by atoms with Gasteiger partial charge in [0.2, 0.25) is 0 Å². The molecule has 0 aliphatic rings. The zero-order chi connectivity index (χ0) is 16.9. The van der Waals surface area contributed by atoms with Gasteiger partial charge in [0, 0.05) is 17.6 Å². The molecule has 0 amide bonds. The van der Waals surface area contributed by atoms with Crippen molar-refractivity contribution in [1.82, 2.24) is 9.97 Å². The van der Waals surface area contributed by atoms with Gasteiger partial charge in [0.05, 0.1) is 10.7 Å². The van der Waals surface area contributed by atoms with E-state index in [0.717, 1.165) is 5.56 Å². The Balaban J connectivity index is 1.68. The highest BCUT2D eigenvalue weighted by Gasteiger charge is 2.04. The lowest BCUT2D eigenvalue weighted by Crippen LogP contribution is -2.03. The van der Waals surface area contributed by atoms with Gasteiger partial charge in [-0.1, -0.05) is 35.3 Å². The summed E-state index contributed by atoms with van der Waals surface area (Å²) in [6, 6.07) is 13.2. The van der Waals surface area contributed by atoms with Crippen molar-refractivity contribution < 1.29 is 4.39 Å². The lowest BCUT2D eigenvalue weighted by Gasteiger charge is -2.10. The number of aromatic nitrogens is 2. The highest BCUT2D eigenvalue weighted by atomic mass is 35.5. The second kappa shape index (κ2) is 7.47. The summed E-state index contributed by atoms with van der Waals surface area (Å²) in [7, 11) is 0. The summed E-state index contributed by atoms with van der Waals surface area (Å²) in [5, 5.41) is 7.34. The van der Waals surface area contributed by atoms with Crippen LogP contribution in [0, 0.1) is 5.82 Å². The van der Waals surface area contributed by atoms with Gasteiger partial charge in [-0.3, -0.25) is 0 Å². The minimum Gasteiger partial charge on any atom is -0.366 e. The topological polar surface area (TPSA) is 49.8 Å². The Kier molecular flexibility index (Phi) is 5.13. The monoisotopic (exact) mass is 362 g/mol. The molecule has 0 spiro atoms. The van der Waals surface area contributed by atoms with Crippen LogP contribution in [-0.4, -0.2) is 9.97 Å². The maximum absolute atomic E-state index is 12.9. The molecule has 7 heteroatoms. The first-order valence-corrected chi connectivity index (χ1v) is 7.88. The third kappa shape index (κ3) is 4.34. The zero-order valence-corrected chi connectivity index (χ0v) is 13.9. The van der Waals surface area contributed by atoms with Crippen LogP contribution in [0.2, 0.25) is 10.0 Å². The molecule has 122 valence electrons. The predicted molar refractivity (Wildman–Crippen MR) is 95.5 cm³/mol. The second-order valence-corrected chi connectivity index (χ2v) is 5.86. The van der Waals surface area contributed by atoms with E-state index in [4.69, 9.17) is 23.2 Å². The van der Waals surface area contributed by atoms with Crippen LogP contribution in [-0.2, 0) is 6.54 Å². The van der Waals surface area contributed by atoms with Crippen LogP contribution >= 0.6 is 23.2 Å². The smallest absolute Gasteiger partial charge is 0.135 e. The molecule has 3 aromatic rings. The molecule has 4 nitrogen and oxygen atoms in total. The van der Waals surface area contributed by atoms with Crippen LogP contribution in [0.5, 0.6) is 0 Å². The number of rotatable bonds is 5. The largest absolute Gasteiger partial charge is 0.366 e. The Morgan fingerprint density at radius 1 is 0.917 bits per heavy atom. The van der Waals surface area contributed by atoms with Gasteiger partial charge in [0.25, 0.3) is 0 Å². The Hall–Kier alpha value is -2.37. The molecular weight excluding hydrogens is 350 g/mol. The summed E-state index contributed by atoms with van der Waals surface area (Å²) in [4.78, 5) is 8.32. The Morgan fingerprint density at radius 3 is 2.42 bits per heavy atom. The van der Waals surface area contributed by atoms with E-state index in [-0.39, 0.29) is 5.82 Å². The number of halogens is 3. The molecular formula is C17H13Cl2FN4. The van der Waals surface area contributed by atoms with Crippen molar-refractivity contribution in [1.29, 1.82) is 0 Å². The van der Waals surface area contributed by atoms with Crippen LogP contribution in [0.1, 0.15) is 5.56 Å². The Morgan fingerprint density at radius 2 is 1.67 bits per heavy atom. The van der Waals surface area contributed by atoms with E-state index in [9.17, 15) is 4.39 Å². The van der Waals surface area contributed by atoms with Gasteiger partial charge in [-0.25, -0.2) is 14.4 Å². The second-order valence-electron chi connectivity index (χ2n) is 5.02. The van der Waals surface area contributed by atoms with E-state index in [0.29, 0.717) is 33.9 Å². The third-order valence-corrected chi connectivity index (χ3v) is 3.80. The predicted octanol–water partition coefficient (Wildman–Crippen LogP) is 5.28. The lowest BCUT2D eigenvalue weighted by atomic mass is 10.2. The SMILES string of the molecule is Fc1ccc(CNc2cc(Nc3ccc(Cl)cc3Cl)ncn2)cc1. The molecule has 0 atom stereocenters. The van der Waals surface area contributed by atoms with E-state index in [1.165, 1.54) is 18.5 Å². The maximum atomic E-state index is 12.9. The van der Waals surface area contributed by atoms with Crippen molar-refractivity contribution in [3.63, 3.8) is 0 Å². The molecule has 0 saturated heterocycles. The van der Waals surface area contributed by atoms with Crippen LogP contribution in [0.3, 0.4) is 0 Å². The molecule has 0 radical (unpaired) electrons. The molecule has 3 rings (SSSR count). The van der Waals surface area contributed by atoms with Crippen molar-refractivity contribution in [2.75, 3.05) is 10.6 Å². The summed E-state index contributed by atoms with van der Waals surface area (Å²) in [6.07, 6.45) is 1.44.